The standard InChI is InChI=1S/C19H21ClN2O3S/c1-10-6-7-14-15(8-10)26-19(16(14)17(21)23)22-18(24)11(2)25-13-5-3-4-12(20)9-13/h3-5,9-11H,6-8H2,1-2H3,(H2,21,23)(H,22,24). The van der Waals surface area contributed by atoms with Crippen molar-refractivity contribution in [3.63, 3.8) is 0 Å². The van der Waals surface area contributed by atoms with Crippen LogP contribution in [0.25, 0.3) is 0 Å². The number of anilines is 1. The zero-order valence-electron chi connectivity index (χ0n) is 14.7. The molecule has 1 heterocycles. The van der Waals surface area contributed by atoms with E-state index in [-0.39, 0.29) is 5.91 Å². The van der Waals surface area contributed by atoms with Gasteiger partial charge in [0.05, 0.1) is 5.56 Å². The topological polar surface area (TPSA) is 81.4 Å². The van der Waals surface area contributed by atoms with Crippen LogP contribution >= 0.6 is 22.9 Å². The van der Waals surface area contributed by atoms with Crippen LogP contribution in [0.5, 0.6) is 5.75 Å². The highest BCUT2D eigenvalue weighted by Crippen LogP contribution is 2.39. The van der Waals surface area contributed by atoms with Crippen LogP contribution in [-0.2, 0) is 17.6 Å². The van der Waals surface area contributed by atoms with Gasteiger partial charge in [0.2, 0.25) is 0 Å². The van der Waals surface area contributed by atoms with E-state index < -0.39 is 12.0 Å². The molecule has 1 aromatic heterocycles. The van der Waals surface area contributed by atoms with Crippen LogP contribution in [0.4, 0.5) is 5.00 Å². The number of fused-ring (bicyclic) bond motifs is 1. The number of carbonyl (C=O) groups excluding carboxylic acids is 2. The summed E-state index contributed by atoms with van der Waals surface area (Å²) in [7, 11) is 0. The largest absolute Gasteiger partial charge is 0.481 e. The van der Waals surface area contributed by atoms with E-state index in [9.17, 15) is 9.59 Å². The summed E-state index contributed by atoms with van der Waals surface area (Å²) in [6, 6.07) is 6.86. The molecule has 3 rings (SSSR count). The first-order valence-electron chi connectivity index (χ1n) is 8.52. The third-order valence-corrected chi connectivity index (χ3v) is 5.88. The van der Waals surface area contributed by atoms with Gasteiger partial charge < -0.3 is 15.8 Å². The molecule has 1 aliphatic rings. The van der Waals surface area contributed by atoms with Gasteiger partial charge in [-0.3, -0.25) is 9.59 Å². The van der Waals surface area contributed by atoms with Gasteiger partial charge in [-0.1, -0.05) is 24.6 Å². The fourth-order valence-electron chi connectivity index (χ4n) is 3.11. The number of rotatable bonds is 5. The lowest BCUT2D eigenvalue weighted by molar-refractivity contribution is -0.122. The molecule has 26 heavy (non-hydrogen) atoms. The van der Waals surface area contributed by atoms with E-state index in [1.165, 1.54) is 11.3 Å². The van der Waals surface area contributed by atoms with Gasteiger partial charge in [0.25, 0.3) is 11.8 Å². The Morgan fingerprint density at radius 3 is 2.88 bits per heavy atom. The molecule has 1 aliphatic carbocycles. The predicted molar refractivity (Wildman–Crippen MR) is 104 cm³/mol. The van der Waals surface area contributed by atoms with Crippen molar-refractivity contribution in [3.8, 4) is 5.75 Å². The van der Waals surface area contributed by atoms with Gasteiger partial charge in [-0.2, -0.15) is 0 Å². The Morgan fingerprint density at radius 1 is 1.42 bits per heavy atom. The first-order valence-corrected chi connectivity index (χ1v) is 9.72. The number of primary amides is 1. The number of ether oxygens (including phenoxy) is 1. The van der Waals surface area contributed by atoms with E-state index in [4.69, 9.17) is 22.1 Å². The minimum absolute atomic E-state index is 0.334. The van der Waals surface area contributed by atoms with Gasteiger partial charge in [-0.15, -0.1) is 11.3 Å². The van der Waals surface area contributed by atoms with Crippen molar-refractivity contribution < 1.29 is 14.3 Å². The number of amides is 2. The number of nitrogens with one attached hydrogen (secondary N) is 1. The molecule has 138 valence electrons. The maximum atomic E-state index is 12.5. The third-order valence-electron chi connectivity index (χ3n) is 4.47. The van der Waals surface area contributed by atoms with Crippen LogP contribution in [0.15, 0.2) is 24.3 Å². The highest BCUT2D eigenvalue weighted by Gasteiger charge is 2.28. The number of nitrogens with two attached hydrogens (primary N) is 1. The molecule has 0 aliphatic heterocycles. The molecular weight excluding hydrogens is 372 g/mol. The fourth-order valence-corrected chi connectivity index (χ4v) is 4.71. The molecule has 0 spiro atoms. The number of thiophene rings is 1. The quantitative estimate of drug-likeness (QED) is 0.805. The molecule has 3 N–H and O–H groups in total. The zero-order chi connectivity index (χ0) is 18.8. The summed E-state index contributed by atoms with van der Waals surface area (Å²) in [5.41, 5.74) is 7.01. The van der Waals surface area contributed by atoms with Gasteiger partial charge in [-0.05, 0) is 55.9 Å². The average Bonchev–Trinajstić information content (AvgIpc) is 2.91. The molecule has 2 atom stereocenters. The molecule has 2 unspecified atom stereocenters. The maximum Gasteiger partial charge on any atom is 0.265 e. The second-order valence-corrected chi connectivity index (χ2v) is 8.17. The molecule has 2 amide bonds. The summed E-state index contributed by atoms with van der Waals surface area (Å²) in [6.45, 7) is 3.83. The Balaban J connectivity index is 1.77. The fraction of sp³-hybridized carbons (Fsp3) is 0.368. The molecule has 7 heteroatoms. The van der Waals surface area contributed by atoms with Gasteiger partial charge in [0.15, 0.2) is 6.10 Å². The molecule has 0 fully saturated rings. The number of hydrogen-bond donors (Lipinski definition) is 2. The Hall–Kier alpha value is -2.05. The Kier molecular flexibility index (Phi) is 5.53. The van der Waals surface area contributed by atoms with Crippen molar-refractivity contribution in [2.24, 2.45) is 11.7 Å². The number of hydrogen-bond acceptors (Lipinski definition) is 4. The van der Waals surface area contributed by atoms with Gasteiger partial charge >= 0.3 is 0 Å². The Morgan fingerprint density at radius 2 is 2.19 bits per heavy atom. The highest BCUT2D eigenvalue weighted by atomic mass is 35.5. The number of benzene rings is 1. The zero-order valence-corrected chi connectivity index (χ0v) is 16.2. The van der Waals surface area contributed by atoms with Crippen molar-refractivity contribution >= 4 is 39.8 Å². The normalized spacial score (nSPS) is 17.3. The first-order chi connectivity index (χ1) is 12.3. The minimum atomic E-state index is -0.743. The lowest BCUT2D eigenvalue weighted by Gasteiger charge is -2.18. The number of halogens is 1. The lowest BCUT2D eigenvalue weighted by Crippen LogP contribution is -2.30. The maximum absolute atomic E-state index is 12.5. The lowest BCUT2D eigenvalue weighted by atomic mass is 9.88. The van der Waals surface area contributed by atoms with E-state index in [2.05, 4.69) is 12.2 Å². The Labute approximate surface area is 161 Å². The summed E-state index contributed by atoms with van der Waals surface area (Å²) in [5, 5.41) is 3.87. The first kappa shape index (κ1) is 18.7. The smallest absolute Gasteiger partial charge is 0.265 e. The molecule has 0 saturated heterocycles. The average molecular weight is 393 g/mol. The molecule has 0 bridgehead atoms. The van der Waals surface area contributed by atoms with E-state index in [1.54, 1.807) is 31.2 Å². The van der Waals surface area contributed by atoms with Crippen LogP contribution in [0.2, 0.25) is 5.02 Å². The minimum Gasteiger partial charge on any atom is -0.481 e. The van der Waals surface area contributed by atoms with E-state index in [0.717, 1.165) is 29.7 Å². The van der Waals surface area contributed by atoms with E-state index in [0.29, 0.717) is 27.3 Å². The monoisotopic (exact) mass is 392 g/mol. The summed E-state index contributed by atoms with van der Waals surface area (Å²) in [6.07, 6.45) is 2.00. The second kappa shape index (κ2) is 7.68. The van der Waals surface area contributed by atoms with Gasteiger partial charge in [0.1, 0.15) is 10.8 Å². The summed E-state index contributed by atoms with van der Waals surface area (Å²) in [5.74, 6) is 0.236. The predicted octanol–water partition coefficient (Wildman–Crippen LogP) is 4.03. The molecule has 2 aromatic rings. The Bertz CT molecular complexity index is 849. The molecule has 0 saturated carbocycles. The number of carbonyl (C=O) groups is 2. The van der Waals surface area contributed by atoms with Crippen LogP contribution in [0, 0.1) is 5.92 Å². The summed E-state index contributed by atoms with van der Waals surface area (Å²) >= 11 is 7.37. The van der Waals surface area contributed by atoms with Crippen LogP contribution < -0.4 is 15.8 Å². The summed E-state index contributed by atoms with van der Waals surface area (Å²) in [4.78, 5) is 25.6. The summed E-state index contributed by atoms with van der Waals surface area (Å²) < 4.78 is 5.64. The SMILES string of the molecule is CC1CCc2c(sc(NC(=O)C(C)Oc3cccc(Cl)c3)c2C(N)=O)C1. The van der Waals surface area contributed by atoms with Gasteiger partial charge in [0, 0.05) is 9.90 Å². The third kappa shape index (κ3) is 4.02. The van der Waals surface area contributed by atoms with Gasteiger partial charge in [-0.25, -0.2) is 0 Å². The van der Waals surface area contributed by atoms with Crippen LogP contribution in [0.3, 0.4) is 0 Å². The molecule has 0 radical (unpaired) electrons. The molecule has 1 aromatic carbocycles. The second-order valence-electron chi connectivity index (χ2n) is 6.63. The van der Waals surface area contributed by atoms with E-state index >= 15 is 0 Å². The van der Waals surface area contributed by atoms with Crippen LogP contribution in [0.1, 0.15) is 41.1 Å². The van der Waals surface area contributed by atoms with Crippen molar-refractivity contribution in [2.75, 3.05) is 5.32 Å². The van der Waals surface area contributed by atoms with Crippen molar-refractivity contribution in [1.29, 1.82) is 0 Å². The van der Waals surface area contributed by atoms with Crippen molar-refractivity contribution in [3.05, 3.63) is 45.3 Å². The van der Waals surface area contributed by atoms with Crippen molar-refractivity contribution in [1.82, 2.24) is 0 Å². The molecular formula is C19H21ClN2O3S. The molecule has 5 nitrogen and oxygen atoms in total. The van der Waals surface area contributed by atoms with Crippen LogP contribution in [-0.4, -0.2) is 17.9 Å². The van der Waals surface area contributed by atoms with Crippen molar-refractivity contribution in [2.45, 2.75) is 39.2 Å². The van der Waals surface area contributed by atoms with E-state index in [1.807, 2.05) is 0 Å². The highest BCUT2D eigenvalue weighted by molar-refractivity contribution is 7.17.